The summed E-state index contributed by atoms with van der Waals surface area (Å²) in [5.41, 5.74) is -0.323. The molecule has 0 bridgehead atoms. The third-order valence-electron chi connectivity index (χ3n) is 3.46. The first-order valence-corrected chi connectivity index (χ1v) is 6.46. The Hall–Kier alpha value is -3.22. The molecule has 0 unspecified atom stereocenters. The van der Waals surface area contributed by atoms with E-state index in [1.165, 1.54) is 29.8 Å². The second kappa shape index (κ2) is 4.96. The van der Waals surface area contributed by atoms with Gasteiger partial charge in [0.2, 0.25) is 0 Å². The fourth-order valence-electron chi connectivity index (χ4n) is 2.37. The first-order chi connectivity index (χ1) is 10.5. The van der Waals surface area contributed by atoms with Crippen LogP contribution < -0.4 is 11.2 Å². The minimum Gasteiger partial charge on any atom is -0.268 e. The number of non-ortho nitro benzene ring substituents is 1. The van der Waals surface area contributed by atoms with Crippen molar-refractivity contribution in [3.63, 3.8) is 0 Å². The molecule has 7 nitrogen and oxygen atoms in total. The Balaban J connectivity index is 2.46. The summed E-state index contributed by atoms with van der Waals surface area (Å²) in [6.07, 6.45) is 0. The molecular formula is C15H11N3O4. The van der Waals surface area contributed by atoms with Crippen molar-refractivity contribution in [2.45, 2.75) is 0 Å². The summed E-state index contributed by atoms with van der Waals surface area (Å²) in [5, 5.41) is 11.3. The minimum absolute atomic E-state index is 0.123. The molecule has 0 aliphatic heterocycles. The second-order valence-electron chi connectivity index (χ2n) is 4.78. The van der Waals surface area contributed by atoms with Crippen LogP contribution in [0.15, 0.2) is 58.1 Å². The Kier molecular flexibility index (Phi) is 3.10. The molecular weight excluding hydrogens is 286 g/mol. The molecule has 3 aromatic rings. The molecule has 7 heteroatoms. The van der Waals surface area contributed by atoms with Crippen LogP contribution in [0.4, 0.5) is 5.69 Å². The van der Waals surface area contributed by atoms with E-state index in [9.17, 15) is 19.7 Å². The molecule has 0 spiro atoms. The molecule has 0 N–H and O–H groups in total. The monoisotopic (exact) mass is 297 g/mol. The Morgan fingerprint density at radius 2 is 1.77 bits per heavy atom. The van der Waals surface area contributed by atoms with Crippen molar-refractivity contribution in [2.24, 2.45) is 7.05 Å². The smallest absolute Gasteiger partial charge is 0.268 e. The van der Waals surface area contributed by atoms with E-state index >= 15 is 0 Å². The second-order valence-corrected chi connectivity index (χ2v) is 4.78. The maximum absolute atomic E-state index is 12.4. The van der Waals surface area contributed by atoms with Crippen molar-refractivity contribution in [2.75, 3.05) is 0 Å². The number of hydrogen-bond acceptors (Lipinski definition) is 4. The van der Waals surface area contributed by atoms with Crippen LogP contribution in [0, 0.1) is 10.1 Å². The Morgan fingerprint density at radius 1 is 1.05 bits per heavy atom. The van der Waals surface area contributed by atoms with Crippen LogP contribution in [0.1, 0.15) is 0 Å². The van der Waals surface area contributed by atoms with Gasteiger partial charge in [-0.25, -0.2) is 4.79 Å². The van der Waals surface area contributed by atoms with Crippen molar-refractivity contribution < 1.29 is 4.92 Å². The average molecular weight is 297 g/mol. The predicted molar refractivity (Wildman–Crippen MR) is 81.4 cm³/mol. The van der Waals surface area contributed by atoms with Gasteiger partial charge in [0.15, 0.2) is 0 Å². The lowest BCUT2D eigenvalue weighted by Crippen LogP contribution is -2.37. The maximum atomic E-state index is 12.4. The summed E-state index contributed by atoms with van der Waals surface area (Å²) in [5.74, 6) is 0. The van der Waals surface area contributed by atoms with Gasteiger partial charge in [-0.15, -0.1) is 0 Å². The van der Waals surface area contributed by atoms with E-state index in [2.05, 4.69) is 0 Å². The molecule has 0 aliphatic carbocycles. The highest BCUT2D eigenvalue weighted by molar-refractivity contribution is 5.79. The van der Waals surface area contributed by atoms with Crippen LogP contribution in [-0.2, 0) is 7.05 Å². The molecule has 0 fully saturated rings. The van der Waals surface area contributed by atoms with Crippen molar-refractivity contribution in [1.29, 1.82) is 0 Å². The largest absolute Gasteiger partial charge is 0.335 e. The summed E-state index contributed by atoms with van der Waals surface area (Å²) in [4.78, 5) is 35.0. The van der Waals surface area contributed by atoms with E-state index in [1.807, 2.05) is 0 Å². The third kappa shape index (κ3) is 1.99. The van der Waals surface area contributed by atoms with Crippen LogP contribution >= 0.6 is 0 Å². The molecule has 2 aromatic carbocycles. The lowest BCUT2D eigenvalue weighted by atomic mass is 10.2. The Morgan fingerprint density at radius 3 is 2.50 bits per heavy atom. The molecule has 110 valence electrons. The predicted octanol–water partition coefficient (Wildman–Crippen LogP) is 1.60. The number of benzene rings is 2. The Bertz CT molecular complexity index is 1020. The standard InChI is InChI=1S/C15H11N3O4/c1-16-14(19)12-7-2-3-8-13(12)17(15(16)20)10-5-4-6-11(9-10)18(21)22/h2-9H,1H3. The topological polar surface area (TPSA) is 87.1 Å². The zero-order valence-electron chi connectivity index (χ0n) is 11.6. The number of aromatic nitrogens is 2. The van der Waals surface area contributed by atoms with Crippen molar-refractivity contribution in [1.82, 2.24) is 9.13 Å². The van der Waals surface area contributed by atoms with Crippen LogP contribution in [-0.4, -0.2) is 14.1 Å². The van der Waals surface area contributed by atoms with Gasteiger partial charge in [0, 0.05) is 19.2 Å². The lowest BCUT2D eigenvalue weighted by Gasteiger charge is -2.11. The molecule has 0 aliphatic rings. The van der Waals surface area contributed by atoms with Gasteiger partial charge in [0.25, 0.3) is 11.2 Å². The van der Waals surface area contributed by atoms with E-state index in [0.29, 0.717) is 16.6 Å². The molecule has 0 amide bonds. The van der Waals surface area contributed by atoms with Gasteiger partial charge < -0.3 is 0 Å². The summed E-state index contributed by atoms with van der Waals surface area (Å²) in [7, 11) is 1.38. The lowest BCUT2D eigenvalue weighted by molar-refractivity contribution is -0.384. The van der Waals surface area contributed by atoms with Crippen LogP contribution in [0.5, 0.6) is 0 Å². The molecule has 22 heavy (non-hydrogen) atoms. The van der Waals surface area contributed by atoms with Gasteiger partial charge in [0.05, 0.1) is 21.5 Å². The number of fused-ring (bicyclic) bond motifs is 1. The normalized spacial score (nSPS) is 10.8. The number of nitro benzene ring substituents is 1. The highest BCUT2D eigenvalue weighted by atomic mass is 16.6. The fraction of sp³-hybridized carbons (Fsp3) is 0.0667. The number of nitrogens with zero attached hydrogens (tertiary/aromatic N) is 3. The molecule has 3 rings (SSSR count). The first-order valence-electron chi connectivity index (χ1n) is 6.46. The van der Waals surface area contributed by atoms with E-state index in [0.717, 1.165) is 4.57 Å². The first kappa shape index (κ1) is 13.7. The highest BCUT2D eigenvalue weighted by Gasteiger charge is 2.14. The molecule has 0 saturated carbocycles. The van der Waals surface area contributed by atoms with Gasteiger partial charge in [0.1, 0.15) is 0 Å². The van der Waals surface area contributed by atoms with Gasteiger partial charge in [-0.3, -0.25) is 24.0 Å². The highest BCUT2D eigenvalue weighted by Crippen LogP contribution is 2.18. The fourth-order valence-corrected chi connectivity index (χ4v) is 2.37. The van der Waals surface area contributed by atoms with E-state index < -0.39 is 16.2 Å². The maximum Gasteiger partial charge on any atom is 0.335 e. The summed E-state index contributed by atoms with van der Waals surface area (Å²) in [6, 6.07) is 12.4. The molecule has 0 radical (unpaired) electrons. The van der Waals surface area contributed by atoms with E-state index in [-0.39, 0.29) is 5.69 Å². The molecule has 0 atom stereocenters. The summed E-state index contributed by atoms with van der Waals surface area (Å²) >= 11 is 0. The van der Waals surface area contributed by atoms with Gasteiger partial charge in [-0.1, -0.05) is 18.2 Å². The Labute approximate surface area is 123 Å². The minimum atomic E-state index is -0.552. The summed E-state index contributed by atoms with van der Waals surface area (Å²) < 4.78 is 2.28. The van der Waals surface area contributed by atoms with Crippen molar-refractivity contribution >= 4 is 16.6 Å². The van der Waals surface area contributed by atoms with Gasteiger partial charge in [-0.2, -0.15) is 0 Å². The number of para-hydroxylation sites is 1. The van der Waals surface area contributed by atoms with E-state index in [4.69, 9.17) is 0 Å². The van der Waals surface area contributed by atoms with Crippen LogP contribution in [0.25, 0.3) is 16.6 Å². The summed E-state index contributed by atoms with van der Waals surface area (Å²) in [6.45, 7) is 0. The molecule has 1 heterocycles. The molecule has 0 saturated heterocycles. The zero-order valence-corrected chi connectivity index (χ0v) is 11.6. The van der Waals surface area contributed by atoms with Crippen molar-refractivity contribution in [3.05, 3.63) is 79.5 Å². The van der Waals surface area contributed by atoms with E-state index in [1.54, 1.807) is 30.3 Å². The SMILES string of the molecule is Cn1c(=O)c2ccccc2n(-c2cccc([N+](=O)[O-])c2)c1=O. The van der Waals surface area contributed by atoms with Crippen LogP contribution in [0.3, 0.4) is 0 Å². The quantitative estimate of drug-likeness (QED) is 0.531. The van der Waals surface area contributed by atoms with Gasteiger partial charge >= 0.3 is 5.69 Å². The van der Waals surface area contributed by atoms with Crippen molar-refractivity contribution in [3.8, 4) is 5.69 Å². The number of hydrogen-bond donors (Lipinski definition) is 0. The number of nitro groups is 1. The van der Waals surface area contributed by atoms with Gasteiger partial charge in [-0.05, 0) is 18.2 Å². The zero-order chi connectivity index (χ0) is 15.9. The average Bonchev–Trinajstić information content (AvgIpc) is 2.53. The third-order valence-corrected chi connectivity index (χ3v) is 3.46. The molecule has 1 aromatic heterocycles. The number of rotatable bonds is 2. The van der Waals surface area contributed by atoms with Crippen LogP contribution in [0.2, 0.25) is 0 Å².